The number of hydrogen-bond acceptors (Lipinski definition) is 11. The third-order valence-electron chi connectivity index (χ3n) is 9.04. The smallest absolute Gasteiger partial charge is 0.342 e. The number of hydrogen-bond donors (Lipinski definition) is 0. The molecule has 1 saturated carbocycles. The number of rotatable bonds is 4. The molecule has 0 amide bonds. The lowest BCUT2D eigenvalue weighted by atomic mass is 9.53. The van der Waals surface area contributed by atoms with E-state index in [1.165, 1.54) is 27.7 Å². The Hall–Kier alpha value is -2.95. The van der Waals surface area contributed by atoms with Crippen LogP contribution in [0.5, 0.6) is 0 Å². The van der Waals surface area contributed by atoms with Crippen molar-refractivity contribution < 1.29 is 52.4 Å². The Morgan fingerprint density at radius 1 is 0.897 bits per heavy atom. The van der Waals surface area contributed by atoms with Crippen LogP contribution in [0.3, 0.4) is 0 Å². The van der Waals surface area contributed by atoms with Gasteiger partial charge in [0.25, 0.3) is 0 Å². The maximum absolute atomic E-state index is 13.1. The van der Waals surface area contributed by atoms with Crippen molar-refractivity contribution in [1.29, 1.82) is 0 Å². The van der Waals surface area contributed by atoms with Gasteiger partial charge in [0.2, 0.25) is 0 Å². The van der Waals surface area contributed by atoms with Crippen LogP contribution in [0.2, 0.25) is 0 Å². The van der Waals surface area contributed by atoms with Gasteiger partial charge in [0, 0.05) is 51.4 Å². The summed E-state index contributed by atoms with van der Waals surface area (Å²) in [5.41, 5.74) is -3.09. The zero-order valence-electron chi connectivity index (χ0n) is 23.7. The van der Waals surface area contributed by atoms with E-state index in [0.717, 1.165) is 5.57 Å². The molecule has 2 saturated heterocycles. The van der Waals surface area contributed by atoms with Gasteiger partial charge < -0.3 is 28.4 Å². The summed E-state index contributed by atoms with van der Waals surface area (Å²) in [4.78, 5) is 62.6. The molecule has 0 aromatic heterocycles. The zero-order chi connectivity index (χ0) is 29.1. The van der Waals surface area contributed by atoms with Crippen LogP contribution in [0.1, 0.15) is 74.7 Å². The zero-order valence-corrected chi connectivity index (χ0v) is 23.7. The second kappa shape index (κ2) is 9.91. The van der Waals surface area contributed by atoms with E-state index in [1.807, 2.05) is 20.8 Å². The minimum Gasteiger partial charge on any atom is -0.462 e. The molecule has 4 rings (SSSR count). The number of carbonyl (C=O) groups excluding carboxylic acids is 5. The highest BCUT2D eigenvalue weighted by Crippen LogP contribution is 2.66. The molecule has 2 aliphatic carbocycles. The van der Waals surface area contributed by atoms with Crippen molar-refractivity contribution in [2.45, 2.75) is 116 Å². The second-order valence-electron chi connectivity index (χ2n) is 11.7. The standard InChI is InChI=1S/C28H38O11/c1-13-9-10-20(35-16(4)30)26(7)21(36-17(5)31)12-19(34-15(3)29)14(2)23(26)24(37-18(6)32)28-22(11-13)38-25(33)27(28,8)39-28/h11,14,19-24H,9-10,12H2,1-8H3/b13-11-/t14-,19-,20-,21-,22-,23?,24+,26-,27-,28-/m0/s1. The summed E-state index contributed by atoms with van der Waals surface area (Å²) in [6.45, 7) is 12.3. The van der Waals surface area contributed by atoms with Crippen molar-refractivity contribution in [2.75, 3.05) is 0 Å². The average Bonchev–Trinajstić information content (AvgIpc) is 3.39. The van der Waals surface area contributed by atoms with E-state index in [-0.39, 0.29) is 6.42 Å². The summed E-state index contributed by atoms with van der Waals surface area (Å²) in [5, 5.41) is 0. The molecule has 10 atom stereocenters. The van der Waals surface area contributed by atoms with Crippen molar-refractivity contribution in [3.05, 3.63) is 11.6 Å². The number of esters is 5. The highest BCUT2D eigenvalue weighted by atomic mass is 16.7. The molecule has 11 nitrogen and oxygen atoms in total. The van der Waals surface area contributed by atoms with Gasteiger partial charge in [0.15, 0.2) is 17.3 Å². The first-order chi connectivity index (χ1) is 18.1. The maximum atomic E-state index is 13.1. The molecule has 0 bridgehead atoms. The van der Waals surface area contributed by atoms with Gasteiger partial charge in [0.1, 0.15) is 24.4 Å². The van der Waals surface area contributed by atoms with Crippen molar-refractivity contribution in [1.82, 2.24) is 0 Å². The van der Waals surface area contributed by atoms with E-state index in [2.05, 4.69) is 0 Å². The van der Waals surface area contributed by atoms with Gasteiger partial charge in [0.05, 0.1) is 0 Å². The number of carbonyl (C=O) groups is 5. The van der Waals surface area contributed by atoms with Gasteiger partial charge in [-0.25, -0.2) is 4.79 Å². The summed E-state index contributed by atoms with van der Waals surface area (Å²) in [6, 6.07) is 0. The number of allylic oxidation sites excluding steroid dienone is 1. The lowest BCUT2D eigenvalue weighted by Crippen LogP contribution is -2.66. The first kappa shape index (κ1) is 29.0. The van der Waals surface area contributed by atoms with E-state index in [9.17, 15) is 24.0 Å². The number of epoxide rings is 1. The Labute approximate surface area is 227 Å². The first-order valence-corrected chi connectivity index (χ1v) is 13.3. The topological polar surface area (TPSA) is 144 Å². The fraction of sp³-hybridized carbons (Fsp3) is 0.750. The molecular weight excluding hydrogens is 512 g/mol. The Bertz CT molecular complexity index is 1110. The predicted octanol–water partition coefficient (Wildman–Crippen LogP) is 2.57. The molecule has 0 aromatic rings. The summed E-state index contributed by atoms with van der Waals surface area (Å²) in [7, 11) is 0. The molecule has 1 spiro atoms. The van der Waals surface area contributed by atoms with Gasteiger partial charge in [-0.2, -0.15) is 0 Å². The molecule has 1 unspecified atom stereocenters. The number of ether oxygens (including phenoxy) is 6. The van der Waals surface area contributed by atoms with Gasteiger partial charge in [-0.05, 0) is 32.8 Å². The fourth-order valence-electron chi connectivity index (χ4n) is 7.27. The predicted molar refractivity (Wildman–Crippen MR) is 133 cm³/mol. The second-order valence-corrected chi connectivity index (χ2v) is 11.7. The molecule has 2 heterocycles. The average molecular weight is 551 g/mol. The van der Waals surface area contributed by atoms with Crippen LogP contribution >= 0.6 is 0 Å². The Kier molecular flexibility index (Phi) is 7.38. The van der Waals surface area contributed by atoms with E-state index < -0.39 is 88.8 Å². The lowest BCUT2D eigenvalue weighted by Gasteiger charge is -2.57. The molecule has 39 heavy (non-hydrogen) atoms. The number of fused-ring (bicyclic) bond motifs is 1. The van der Waals surface area contributed by atoms with Crippen LogP contribution < -0.4 is 0 Å². The van der Waals surface area contributed by atoms with Crippen LogP contribution in [0, 0.1) is 17.3 Å². The van der Waals surface area contributed by atoms with E-state index in [1.54, 1.807) is 13.0 Å². The summed E-state index contributed by atoms with van der Waals surface area (Å²) < 4.78 is 35.5. The molecule has 3 fully saturated rings. The monoisotopic (exact) mass is 550 g/mol. The Morgan fingerprint density at radius 3 is 2.00 bits per heavy atom. The van der Waals surface area contributed by atoms with Gasteiger partial charge >= 0.3 is 29.8 Å². The van der Waals surface area contributed by atoms with E-state index in [0.29, 0.717) is 12.8 Å². The van der Waals surface area contributed by atoms with E-state index in [4.69, 9.17) is 28.4 Å². The molecule has 11 heteroatoms. The summed E-state index contributed by atoms with van der Waals surface area (Å²) >= 11 is 0. The third kappa shape index (κ3) is 4.62. The molecule has 0 radical (unpaired) electrons. The summed E-state index contributed by atoms with van der Waals surface area (Å²) in [5.74, 6) is -4.10. The highest BCUT2D eigenvalue weighted by molar-refractivity contribution is 5.89. The molecule has 0 N–H and O–H groups in total. The Morgan fingerprint density at radius 2 is 1.46 bits per heavy atom. The normalized spacial score (nSPS) is 44.2. The van der Waals surface area contributed by atoms with Gasteiger partial charge in [-0.1, -0.05) is 19.4 Å². The van der Waals surface area contributed by atoms with Crippen LogP contribution in [-0.2, 0) is 52.4 Å². The van der Waals surface area contributed by atoms with Crippen molar-refractivity contribution in [3.8, 4) is 0 Å². The minimum absolute atomic E-state index is 0.136. The van der Waals surface area contributed by atoms with E-state index >= 15 is 0 Å². The van der Waals surface area contributed by atoms with Crippen LogP contribution in [-0.4, -0.2) is 71.6 Å². The third-order valence-corrected chi connectivity index (χ3v) is 9.04. The summed E-state index contributed by atoms with van der Waals surface area (Å²) in [6.07, 6.45) is -1.64. The van der Waals surface area contributed by atoms with Crippen molar-refractivity contribution in [3.63, 3.8) is 0 Å². The molecule has 4 aliphatic rings. The molecular formula is C28H38O11. The van der Waals surface area contributed by atoms with Crippen LogP contribution in [0.4, 0.5) is 0 Å². The first-order valence-electron chi connectivity index (χ1n) is 13.3. The Balaban J connectivity index is 2.01. The van der Waals surface area contributed by atoms with Crippen molar-refractivity contribution in [2.24, 2.45) is 17.3 Å². The van der Waals surface area contributed by atoms with Gasteiger partial charge in [-0.15, -0.1) is 0 Å². The molecule has 2 aliphatic heterocycles. The molecule has 0 aromatic carbocycles. The van der Waals surface area contributed by atoms with Crippen LogP contribution in [0.25, 0.3) is 0 Å². The quantitative estimate of drug-likeness (QED) is 0.220. The maximum Gasteiger partial charge on any atom is 0.342 e. The molecule has 216 valence electrons. The largest absolute Gasteiger partial charge is 0.462 e. The minimum atomic E-state index is -1.41. The van der Waals surface area contributed by atoms with Crippen LogP contribution in [0.15, 0.2) is 11.6 Å². The SMILES string of the molecule is CC(=O)O[C@H]1C[C@H](OC(C)=O)[C@@]2(C)C([C@H]1C)[C@@H](OC(C)=O)[C@]13O[C@@]1(C)C(=O)O[C@H]3/C=C(/C)CC[C@@H]2OC(C)=O. The van der Waals surface area contributed by atoms with Crippen molar-refractivity contribution >= 4 is 29.8 Å². The highest BCUT2D eigenvalue weighted by Gasteiger charge is 2.87. The lowest BCUT2D eigenvalue weighted by molar-refractivity contribution is -0.235. The fourth-order valence-corrected chi connectivity index (χ4v) is 7.27. The van der Waals surface area contributed by atoms with Gasteiger partial charge in [-0.3, -0.25) is 19.2 Å².